The number of nitrogens with one attached hydrogen (secondary N) is 2. The van der Waals surface area contributed by atoms with Crippen LogP contribution in [-0.2, 0) is 22.5 Å². The molecule has 2 unspecified atom stereocenters. The molecular weight excluding hydrogens is 422 g/mol. The molecule has 0 aromatic heterocycles. The first-order valence-electron chi connectivity index (χ1n) is 10.5. The zero-order chi connectivity index (χ0) is 22.1. The molecule has 3 N–H and O–H groups in total. The molecule has 168 valence electrons. The summed E-state index contributed by atoms with van der Waals surface area (Å²) >= 11 is 3.36. The van der Waals surface area contributed by atoms with E-state index in [1.807, 2.05) is 19.1 Å². The van der Waals surface area contributed by atoms with Crippen LogP contribution in [0.4, 0.5) is 0 Å². The number of hydrazine groups is 1. The van der Waals surface area contributed by atoms with Crippen LogP contribution in [-0.4, -0.2) is 43.9 Å². The van der Waals surface area contributed by atoms with E-state index in [-0.39, 0.29) is 24.4 Å². The van der Waals surface area contributed by atoms with Crippen LogP contribution < -0.4 is 14.9 Å². The van der Waals surface area contributed by atoms with Crippen molar-refractivity contribution in [3.8, 4) is 5.75 Å². The van der Waals surface area contributed by atoms with Crippen LogP contribution in [0.5, 0.6) is 5.75 Å². The number of thiocarbonyl (C=S) groups is 1. The summed E-state index contributed by atoms with van der Waals surface area (Å²) in [5.41, 5.74) is 1.43. The molecule has 0 bridgehead atoms. The van der Waals surface area contributed by atoms with E-state index in [2.05, 4.69) is 17.1 Å². The van der Waals surface area contributed by atoms with E-state index in [4.69, 9.17) is 17.0 Å². The summed E-state index contributed by atoms with van der Waals surface area (Å²) in [6, 6.07) is 5.67. The van der Waals surface area contributed by atoms with Gasteiger partial charge < -0.3 is 10.1 Å². The van der Waals surface area contributed by atoms with Crippen molar-refractivity contribution in [2.24, 2.45) is 0 Å². The second-order valence-electron chi connectivity index (χ2n) is 7.78. The highest BCUT2D eigenvalue weighted by atomic mass is 32.2. The lowest BCUT2D eigenvalue weighted by Crippen LogP contribution is -2.44. The maximum absolute atomic E-state index is 12.5. The minimum absolute atomic E-state index is 0.0336. The number of carbonyl (C=O) groups excluding carboxylic acids is 1. The number of unbranched alkanes of at least 4 members (excludes halogenated alkanes) is 3. The van der Waals surface area contributed by atoms with Gasteiger partial charge in [0.1, 0.15) is 10.7 Å². The molecule has 0 spiro atoms. The fourth-order valence-electron chi connectivity index (χ4n) is 3.32. The molecule has 1 aliphatic rings. The fourth-order valence-corrected chi connectivity index (χ4v) is 4.14. The molecule has 1 fully saturated rings. The smallest absolute Gasteiger partial charge is 0.250 e. The molecule has 1 aromatic rings. The summed E-state index contributed by atoms with van der Waals surface area (Å²) in [5.74, 6) is 0.526. The van der Waals surface area contributed by atoms with Crippen LogP contribution >= 0.6 is 12.2 Å². The molecule has 1 aromatic carbocycles. The van der Waals surface area contributed by atoms with Gasteiger partial charge in [-0.3, -0.25) is 14.4 Å². The first kappa shape index (κ1) is 24.7. The summed E-state index contributed by atoms with van der Waals surface area (Å²) in [5, 5.41) is 4.61. The Kier molecular flexibility index (Phi) is 10.2. The zero-order valence-electron chi connectivity index (χ0n) is 18.0. The van der Waals surface area contributed by atoms with E-state index in [0.717, 1.165) is 31.2 Å². The Morgan fingerprint density at radius 2 is 2.10 bits per heavy atom. The second kappa shape index (κ2) is 12.3. The first-order chi connectivity index (χ1) is 14.3. The summed E-state index contributed by atoms with van der Waals surface area (Å²) in [7, 11) is 1.55. The standard InChI is InChI=1S/C21H33N3O4S2/c1-4-5-6-7-8-15(2)22-20(25)14-16-9-12-19(28-3)18(13-16)21(29)24(17-10-11-17)23-30(26)27/h9,12-13,15,17,23H,4-8,10-11,14H2,1-3H3,(H,22,25)(H,26,27). The summed E-state index contributed by atoms with van der Waals surface area (Å²) in [4.78, 5) is 15.3. The lowest BCUT2D eigenvalue weighted by molar-refractivity contribution is -0.121. The molecule has 0 heterocycles. The lowest BCUT2D eigenvalue weighted by Gasteiger charge is -2.25. The molecule has 7 nitrogen and oxygen atoms in total. The van der Waals surface area contributed by atoms with Crippen LogP contribution in [0, 0.1) is 0 Å². The summed E-state index contributed by atoms with van der Waals surface area (Å²) in [6.07, 6.45) is 7.74. The van der Waals surface area contributed by atoms with Gasteiger partial charge in [0.2, 0.25) is 5.91 Å². The van der Waals surface area contributed by atoms with Crippen LogP contribution in [0.1, 0.15) is 69.9 Å². The maximum Gasteiger partial charge on any atom is 0.250 e. The van der Waals surface area contributed by atoms with Gasteiger partial charge in [-0.2, -0.15) is 0 Å². The molecule has 1 amide bonds. The number of ether oxygens (including phenoxy) is 1. The molecule has 1 saturated carbocycles. The minimum atomic E-state index is -2.22. The van der Waals surface area contributed by atoms with Gasteiger partial charge in [-0.1, -0.05) is 50.9 Å². The highest BCUT2D eigenvalue weighted by Gasteiger charge is 2.33. The van der Waals surface area contributed by atoms with Crippen molar-refractivity contribution in [2.45, 2.75) is 77.3 Å². The lowest BCUT2D eigenvalue weighted by atomic mass is 10.0. The van der Waals surface area contributed by atoms with Crippen molar-refractivity contribution in [1.82, 2.24) is 15.2 Å². The van der Waals surface area contributed by atoms with E-state index < -0.39 is 11.3 Å². The number of rotatable bonds is 13. The molecular formula is C21H33N3O4S2. The number of nitrogens with zero attached hydrogens (tertiary/aromatic N) is 1. The quantitative estimate of drug-likeness (QED) is 0.183. The van der Waals surface area contributed by atoms with Crippen molar-refractivity contribution in [2.75, 3.05) is 7.11 Å². The zero-order valence-corrected chi connectivity index (χ0v) is 19.6. The predicted octanol–water partition coefficient (Wildman–Crippen LogP) is 3.49. The van der Waals surface area contributed by atoms with Gasteiger partial charge in [0.25, 0.3) is 11.3 Å². The first-order valence-corrected chi connectivity index (χ1v) is 12.0. The molecule has 2 rings (SSSR count). The highest BCUT2D eigenvalue weighted by molar-refractivity contribution is 7.81. The Bertz CT molecular complexity index is 756. The second-order valence-corrected chi connectivity index (χ2v) is 8.84. The molecule has 30 heavy (non-hydrogen) atoms. The monoisotopic (exact) mass is 455 g/mol. The van der Waals surface area contributed by atoms with Gasteiger partial charge in [-0.05, 0) is 43.9 Å². The Morgan fingerprint density at radius 1 is 1.37 bits per heavy atom. The van der Waals surface area contributed by atoms with Crippen molar-refractivity contribution in [1.29, 1.82) is 0 Å². The number of methoxy groups -OCH3 is 1. The van der Waals surface area contributed by atoms with Gasteiger partial charge in [-0.15, -0.1) is 4.83 Å². The van der Waals surface area contributed by atoms with Gasteiger partial charge in [0.15, 0.2) is 0 Å². The van der Waals surface area contributed by atoms with Crippen LogP contribution in [0.25, 0.3) is 0 Å². The minimum Gasteiger partial charge on any atom is -0.496 e. The van der Waals surface area contributed by atoms with Crippen molar-refractivity contribution in [3.63, 3.8) is 0 Å². The number of amides is 1. The van der Waals surface area contributed by atoms with Gasteiger partial charge in [0, 0.05) is 12.1 Å². The average molecular weight is 456 g/mol. The van der Waals surface area contributed by atoms with Crippen LogP contribution in [0.3, 0.4) is 0 Å². The van der Waals surface area contributed by atoms with Gasteiger partial charge in [0.05, 0.1) is 19.1 Å². The summed E-state index contributed by atoms with van der Waals surface area (Å²) < 4.78 is 25.9. The van der Waals surface area contributed by atoms with Crippen molar-refractivity contribution in [3.05, 3.63) is 29.3 Å². The van der Waals surface area contributed by atoms with E-state index >= 15 is 0 Å². The predicted molar refractivity (Wildman–Crippen MR) is 124 cm³/mol. The fraction of sp³-hybridized carbons (Fsp3) is 0.619. The largest absolute Gasteiger partial charge is 0.496 e. The highest BCUT2D eigenvalue weighted by Crippen LogP contribution is 2.30. The van der Waals surface area contributed by atoms with Gasteiger partial charge >= 0.3 is 0 Å². The third-order valence-electron chi connectivity index (χ3n) is 5.06. The number of benzene rings is 1. The Labute approximate surface area is 187 Å². The number of carbonyl (C=O) groups is 1. The topological polar surface area (TPSA) is 90.9 Å². The maximum atomic E-state index is 12.5. The SMILES string of the molecule is CCCCCCC(C)NC(=O)Cc1ccc(OC)c(C(=S)N(NS(=O)O)C2CC2)c1. The van der Waals surface area contributed by atoms with Crippen molar-refractivity contribution >= 4 is 34.4 Å². The average Bonchev–Trinajstić information content (AvgIpc) is 3.53. The molecule has 0 aliphatic heterocycles. The van der Waals surface area contributed by atoms with Crippen LogP contribution in [0.2, 0.25) is 0 Å². The Balaban J connectivity index is 2.03. The van der Waals surface area contributed by atoms with E-state index in [0.29, 0.717) is 16.3 Å². The Hall–Kier alpha value is -1.55. The molecule has 1 aliphatic carbocycles. The van der Waals surface area contributed by atoms with Gasteiger partial charge in [-0.25, -0.2) is 4.21 Å². The number of hydrogen-bond acceptors (Lipinski definition) is 4. The molecule has 9 heteroatoms. The summed E-state index contributed by atoms with van der Waals surface area (Å²) in [6.45, 7) is 4.22. The van der Waals surface area contributed by atoms with E-state index in [9.17, 15) is 13.6 Å². The van der Waals surface area contributed by atoms with E-state index in [1.165, 1.54) is 19.3 Å². The van der Waals surface area contributed by atoms with Crippen LogP contribution in [0.15, 0.2) is 18.2 Å². The molecule has 0 saturated heterocycles. The third-order valence-corrected chi connectivity index (χ3v) is 5.83. The third kappa shape index (κ3) is 7.94. The van der Waals surface area contributed by atoms with Crippen molar-refractivity contribution < 1.29 is 18.3 Å². The normalized spacial score (nSPS) is 15.3. The number of hydrogen-bond donors (Lipinski definition) is 3. The Morgan fingerprint density at radius 3 is 2.70 bits per heavy atom. The molecule has 0 radical (unpaired) electrons. The molecule has 2 atom stereocenters. The van der Waals surface area contributed by atoms with E-state index in [1.54, 1.807) is 18.2 Å².